The van der Waals surface area contributed by atoms with E-state index in [4.69, 9.17) is 22.9 Å². The molecule has 0 fully saturated rings. The van der Waals surface area contributed by atoms with Crippen LogP contribution in [0.4, 0.5) is 22.7 Å². The summed E-state index contributed by atoms with van der Waals surface area (Å²) in [5.74, 6) is -0.173. The van der Waals surface area contributed by atoms with Crippen LogP contribution in [0.15, 0.2) is 36.4 Å². The van der Waals surface area contributed by atoms with E-state index in [-0.39, 0.29) is 5.78 Å². The zero-order chi connectivity index (χ0) is 13.3. The van der Waals surface area contributed by atoms with E-state index in [0.717, 1.165) is 0 Å². The van der Waals surface area contributed by atoms with Gasteiger partial charge in [-0.2, -0.15) is 0 Å². The van der Waals surface area contributed by atoms with Crippen LogP contribution in [0.5, 0.6) is 0 Å². The molecule has 18 heavy (non-hydrogen) atoms. The van der Waals surface area contributed by atoms with Gasteiger partial charge >= 0.3 is 0 Å². The van der Waals surface area contributed by atoms with Crippen LogP contribution in [-0.2, 0) is 0 Å². The zero-order valence-corrected chi connectivity index (χ0v) is 9.68. The van der Waals surface area contributed by atoms with Gasteiger partial charge in [-0.05, 0) is 36.4 Å². The molecule has 5 heteroatoms. The zero-order valence-electron chi connectivity index (χ0n) is 9.68. The van der Waals surface area contributed by atoms with Gasteiger partial charge in [0.05, 0.1) is 22.7 Å². The van der Waals surface area contributed by atoms with E-state index in [9.17, 15) is 4.79 Å². The number of ketones is 1. The third-order valence-electron chi connectivity index (χ3n) is 2.70. The largest absolute Gasteiger partial charge is 0.397 e. The van der Waals surface area contributed by atoms with Crippen LogP contribution in [0.25, 0.3) is 0 Å². The summed E-state index contributed by atoms with van der Waals surface area (Å²) in [5, 5.41) is 0. The van der Waals surface area contributed by atoms with Crippen LogP contribution < -0.4 is 22.9 Å². The Morgan fingerprint density at radius 1 is 0.667 bits per heavy atom. The first-order valence-electron chi connectivity index (χ1n) is 5.33. The van der Waals surface area contributed by atoms with Crippen LogP contribution in [0.3, 0.4) is 0 Å². The standard InChI is InChI=1S/C13H14N4O/c14-9-3-1-7(5-11(9)16)13(18)8-2-4-10(15)12(17)6-8/h1-6H,14-17H2. The number of nitrogens with two attached hydrogens (primary N) is 4. The number of carbonyl (C=O) groups is 1. The molecule has 92 valence electrons. The summed E-state index contributed by atoms with van der Waals surface area (Å²) in [6.45, 7) is 0. The summed E-state index contributed by atoms with van der Waals surface area (Å²) < 4.78 is 0. The Morgan fingerprint density at radius 2 is 1.06 bits per heavy atom. The van der Waals surface area contributed by atoms with E-state index in [2.05, 4.69) is 0 Å². The minimum absolute atomic E-state index is 0.173. The van der Waals surface area contributed by atoms with Crippen molar-refractivity contribution in [2.24, 2.45) is 0 Å². The molecule has 0 atom stereocenters. The number of benzene rings is 2. The predicted molar refractivity (Wildman–Crippen MR) is 74.0 cm³/mol. The van der Waals surface area contributed by atoms with Crippen LogP contribution in [-0.4, -0.2) is 5.78 Å². The van der Waals surface area contributed by atoms with Crippen molar-refractivity contribution in [2.75, 3.05) is 22.9 Å². The van der Waals surface area contributed by atoms with Crippen molar-refractivity contribution in [3.8, 4) is 0 Å². The Hall–Kier alpha value is -2.69. The van der Waals surface area contributed by atoms with Crippen LogP contribution in [0.2, 0.25) is 0 Å². The first-order chi connectivity index (χ1) is 8.49. The summed E-state index contributed by atoms with van der Waals surface area (Å²) in [6.07, 6.45) is 0. The molecule has 0 aliphatic heterocycles. The van der Waals surface area contributed by atoms with E-state index in [0.29, 0.717) is 33.9 Å². The van der Waals surface area contributed by atoms with E-state index in [1.165, 1.54) is 0 Å². The maximum Gasteiger partial charge on any atom is 0.193 e. The van der Waals surface area contributed by atoms with Gasteiger partial charge in [-0.25, -0.2) is 0 Å². The lowest BCUT2D eigenvalue weighted by Crippen LogP contribution is -2.05. The number of nitrogen functional groups attached to an aromatic ring is 4. The van der Waals surface area contributed by atoms with Gasteiger partial charge in [0, 0.05) is 11.1 Å². The Balaban J connectivity index is 2.41. The van der Waals surface area contributed by atoms with Gasteiger partial charge in [0.2, 0.25) is 0 Å². The Kier molecular flexibility index (Phi) is 2.81. The highest BCUT2D eigenvalue weighted by Gasteiger charge is 2.11. The fourth-order valence-electron chi connectivity index (χ4n) is 1.60. The molecule has 0 saturated carbocycles. The normalized spacial score (nSPS) is 10.2. The Morgan fingerprint density at radius 3 is 1.39 bits per heavy atom. The molecule has 0 unspecified atom stereocenters. The van der Waals surface area contributed by atoms with Crippen molar-refractivity contribution >= 4 is 28.5 Å². The van der Waals surface area contributed by atoms with Gasteiger partial charge in [-0.3, -0.25) is 4.79 Å². The monoisotopic (exact) mass is 242 g/mol. The quantitative estimate of drug-likeness (QED) is 0.466. The van der Waals surface area contributed by atoms with Crippen molar-refractivity contribution < 1.29 is 4.79 Å². The highest BCUT2D eigenvalue weighted by atomic mass is 16.1. The number of hydrogen-bond donors (Lipinski definition) is 4. The molecule has 0 saturated heterocycles. The summed E-state index contributed by atoms with van der Waals surface area (Å²) in [4.78, 5) is 12.2. The topological polar surface area (TPSA) is 121 Å². The molecule has 8 N–H and O–H groups in total. The second-order valence-corrected chi connectivity index (χ2v) is 4.02. The average molecular weight is 242 g/mol. The molecule has 2 aromatic rings. The molecule has 2 rings (SSSR count). The van der Waals surface area contributed by atoms with Gasteiger partial charge in [-0.1, -0.05) is 0 Å². The summed E-state index contributed by atoms with van der Waals surface area (Å²) in [5.41, 5.74) is 25.1. The fourth-order valence-corrected chi connectivity index (χ4v) is 1.60. The van der Waals surface area contributed by atoms with Crippen LogP contribution in [0, 0.1) is 0 Å². The van der Waals surface area contributed by atoms with Crippen LogP contribution >= 0.6 is 0 Å². The highest BCUT2D eigenvalue weighted by molar-refractivity contribution is 6.10. The highest BCUT2D eigenvalue weighted by Crippen LogP contribution is 2.21. The smallest absolute Gasteiger partial charge is 0.193 e. The average Bonchev–Trinajstić information content (AvgIpc) is 2.35. The summed E-state index contributed by atoms with van der Waals surface area (Å²) >= 11 is 0. The molecule has 0 aliphatic rings. The van der Waals surface area contributed by atoms with E-state index in [1.54, 1.807) is 36.4 Å². The third kappa shape index (κ3) is 2.06. The molecule has 5 nitrogen and oxygen atoms in total. The van der Waals surface area contributed by atoms with Crippen molar-refractivity contribution in [3.05, 3.63) is 47.5 Å². The molecule has 0 amide bonds. The van der Waals surface area contributed by atoms with E-state index < -0.39 is 0 Å². The van der Waals surface area contributed by atoms with Crippen molar-refractivity contribution in [1.29, 1.82) is 0 Å². The van der Waals surface area contributed by atoms with Gasteiger partial charge in [0.25, 0.3) is 0 Å². The van der Waals surface area contributed by atoms with E-state index in [1.807, 2.05) is 0 Å². The number of anilines is 4. The number of hydrogen-bond acceptors (Lipinski definition) is 5. The van der Waals surface area contributed by atoms with Crippen molar-refractivity contribution in [2.45, 2.75) is 0 Å². The second-order valence-electron chi connectivity index (χ2n) is 4.02. The molecule has 0 bridgehead atoms. The van der Waals surface area contributed by atoms with Gasteiger partial charge < -0.3 is 22.9 Å². The second kappa shape index (κ2) is 4.29. The first kappa shape index (κ1) is 11.8. The molecule has 0 radical (unpaired) electrons. The fraction of sp³-hybridized carbons (Fsp3) is 0. The molecular formula is C13H14N4O. The summed E-state index contributed by atoms with van der Waals surface area (Å²) in [7, 11) is 0. The minimum atomic E-state index is -0.173. The number of rotatable bonds is 2. The molecule has 0 heterocycles. The molecular weight excluding hydrogens is 228 g/mol. The molecule has 0 spiro atoms. The summed E-state index contributed by atoms with van der Waals surface area (Å²) in [6, 6.07) is 9.54. The molecule has 0 aromatic heterocycles. The van der Waals surface area contributed by atoms with Gasteiger partial charge in [0.1, 0.15) is 0 Å². The Labute approximate surface area is 104 Å². The first-order valence-corrected chi connectivity index (χ1v) is 5.33. The SMILES string of the molecule is Nc1ccc(C(=O)c2ccc(N)c(N)c2)cc1N. The lowest BCUT2D eigenvalue weighted by Gasteiger charge is -2.06. The van der Waals surface area contributed by atoms with Gasteiger partial charge in [-0.15, -0.1) is 0 Å². The molecule has 2 aromatic carbocycles. The van der Waals surface area contributed by atoms with Crippen molar-refractivity contribution in [3.63, 3.8) is 0 Å². The maximum atomic E-state index is 12.2. The van der Waals surface area contributed by atoms with Crippen molar-refractivity contribution in [1.82, 2.24) is 0 Å². The third-order valence-corrected chi connectivity index (χ3v) is 2.70. The minimum Gasteiger partial charge on any atom is -0.397 e. The van der Waals surface area contributed by atoms with Crippen LogP contribution in [0.1, 0.15) is 15.9 Å². The maximum absolute atomic E-state index is 12.2. The Bertz CT molecular complexity index is 569. The molecule has 0 aliphatic carbocycles. The lowest BCUT2D eigenvalue weighted by atomic mass is 10.0. The predicted octanol–water partition coefficient (Wildman–Crippen LogP) is 1.25. The van der Waals surface area contributed by atoms with Gasteiger partial charge in [0.15, 0.2) is 5.78 Å². The van der Waals surface area contributed by atoms with E-state index >= 15 is 0 Å². The lowest BCUT2D eigenvalue weighted by molar-refractivity contribution is 0.103. The number of carbonyl (C=O) groups excluding carboxylic acids is 1.